The van der Waals surface area contributed by atoms with Gasteiger partial charge in [-0.15, -0.1) is 11.3 Å². The van der Waals surface area contributed by atoms with Crippen LogP contribution in [0.3, 0.4) is 0 Å². The molecule has 5 nitrogen and oxygen atoms in total. The summed E-state index contributed by atoms with van der Waals surface area (Å²) in [4.78, 5) is 16.5. The molecule has 0 aliphatic carbocycles. The first kappa shape index (κ1) is 16.1. The van der Waals surface area contributed by atoms with Gasteiger partial charge < -0.3 is 4.74 Å². The zero-order valence-corrected chi connectivity index (χ0v) is 13.3. The summed E-state index contributed by atoms with van der Waals surface area (Å²) in [5.41, 5.74) is 1.22. The molecule has 1 N–H and O–H groups in total. The highest BCUT2D eigenvalue weighted by Gasteiger charge is 2.26. The van der Waals surface area contributed by atoms with Gasteiger partial charge in [0.2, 0.25) is 0 Å². The number of esters is 1. The van der Waals surface area contributed by atoms with Gasteiger partial charge in [-0.25, -0.2) is 9.78 Å². The topological polar surface area (TPSA) is 75.0 Å². The third-order valence-corrected chi connectivity index (χ3v) is 4.20. The number of aromatic nitrogens is 1. The molecule has 2 atom stereocenters. The fourth-order valence-electron chi connectivity index (χ4n) is 2.18. The molecule has 1 aromatic heterocycles. The normalized spacial score (nSPS) is 13.1. The van der Waals surface area contributed by atoms with Crippen LogP contribution in [0.2, 0.25) is 0 Å². The fraction of sp³-hybridized carbons (Fsp3) is 0.312. The van der Waals surface area contributed by atoms with E-state index in [1.807, 2.05) is 18.4 Å². The highest BCUT2D eigenvalue weighted by Crippen LogP contribution is 2.25. The lowest BCUT2D eigenvalue weighted by Gasteiger charge is -2.22. The monoisotopic (exact) mass is 315 g/mol. The Labute approximate surface area is 133 Å². The van der Waals surface area contributed by atoms with Crippen LogP contribution in [-0.4, -0.2) is 18.1 Å². The SMILES string of the molecule is CC[C@H](N[C@H](C(=O)OC)c1cccc(C#N)c1)c1nccs1. The van der Waals surface area contributed by atoms with Crippen LogP contribution >= 0.6 is 11.3 Å². The average Bonchev–Trinajstić information content (AvgIpc) is 3.09. The molecule has 2 aromatic rings. The maximum Gasteiger partial charge on any atom is 0.327 e. The van der Waals surface area contributed by atoms with E-state index in [-0.39, 0.29) is 12.0 Å². The van der Waals surface area contributed by atoms with E-state index in [0.29, 0.717) is 11.1 Å². The van der Waals surface area contributed by atoms with Gasteiger partial charge in [0, 0.05) is 11.6 Å². The molecule has 6 heteroatoms. The molecular formula is C16H17N3O2S. The third-order valence-electron chi connectivity index (χ3n) is 3.31. The van der Waals surface area contributed by atoms with E-state index in [0.717, 1.165) is 11.4 Å². The maximum atomic E-state index is 12.1. The van der Waals surface area contributed by atoms with Crippen molar-refractivity contribution in [1.82, 2.24) is 10.3 Å². The molecule has 1 aromatic carbocycles. The van der Waals surface area contributed by atoms with Crippen LogP contribution in [0.1, 0.15) is 41.6 Å². The number of rotatable bonds is 6. The Balaban J connectivity index is 2.30. The summed E-state index contributed by atoms with van der Waals surface area (Å²) in [7, 11) is 1.36. The number of nitrogens with one attached hydrogen (secondary N) is 1. The highest BCUT2D eigenvalue weighted by molar-refractivity contribution is 7.09. The van der Waals surface area contributed by atoms with Crippen molar-refractivity contribution in [1.29, 1.82) is 5.26 Å². The number of methoxy groups -OCH3 is 1. The van der Waals surface area contributed by atoms with Crippen molar-refractivity contribution in [2.24, 2.45) is 0 Å². The molecule has 0 saturated heterocycles. The van der Waals surface area contributed by atoms with Crippen molar-refractivity contribution in [3.05, 3.63) is 52.0 Å². The summed E-state index contributed by atoms with van der Waals surface area (Å²) in [6.45, 7) is 2.03. The van der Waals surface area contributed by atoms with Crippen molar-refractivity contribution in [2.75, 3.05) is 7.11 Å². The summed E-state index contributed by atoms with van der Waals surface area (Å²) in [6.07, 6.45) is 2.53. The van der Waals surface area contributed by atoms with E-state index >= 15 is 0 Å². The minimum absolute atomic E-state index is 0.0464. The lowest BCUT2D eigenvalue weighted by atomic mass is 10.0. The summed E-state index contributed by atoms with van der Waals surface area (Å²) in [5.74, 6) is -0.384. The zero-order chi connectivity index (χ0) is 15.9. The first-order valence-corrected chi connectivity index (χ1v) is 7.80. The number of hydrogen-bond acceptors (Lipinski definition) is 6. The lowest BCUT2D eigenvalue weighted by Crippen LogP contribution is -2.32. The largest absolute Gasteiger partial charge is 0.468 e. The predicted octanol–water partition coefficient (Wildman–Crippen LogP) is 2.97. The number of nitrogens with zero attached hydrogens (tertiary/aromatic N) is 2. The number of carbonyl (C=O) groups is 1. The van der Waals surface area contributed by atoms with E-state index < -0.39 is 6.04 Å². The first-order chi connectivity index (χ1) is 10.7. The number of hydrogen-bond donors (Lipinski definition) is 1. The van der Waals surface area contributed by atoms with Crippen LogP contribution in [0.25, 0.3) is 0 Å². The zero-order valence-electron chi connectivity index (χ0n) is 12.4. The smallest absolute Gasteiger partial charge is 0.327 e. The molecular weight excluding hydrogens is 298 g/mol. The fourth-order valence-corrected chi connectivity index (χ4v) is 2.96. The number of thiazole rings is 1. The Morgan fingerprint density at radius 1 is 1.55 bits per heavy atom. The Morgan fingerprint density at radius 3 is 2.95 bits per heavy atom. The second kappa shape index (κ2) is 7.69. The lowest BCUT2D eigenvalue weighted by molar-refractivity contribution is -0.143. The van der Waals surface area contributed by atoms with Gasteiger partial charge >= 0.3 is 5.97 Å². The second-order valence-electron chi connectivity index (χ2n) is 4.69. The van der Waals surface area contributed by atoms with Crippen molar-refractivity contribution in [3.63, 3.8) is 0 Å². The Morgan fingerprint density at radius 2 is 2.36 bits per heavy atom. The Bertz CT molecular complexity index is 664. The maximum absolute atomic E-state index is 12.1. The van der Waals surface area contributed by atoms with Gasteiger partial charge in [0.15, 0.2) is 0 Å². The number of nitriles is 1. The van der Waals surface area contributed by atoms with Crippen LogP contribution < -0.4 is 5.32 Å². The highest BCUT2D eigenvalue weighted by atomic mass is 32.1. The molecule has 0 saturated carbocycles. The molecule has 0 unspecified atom stereocenters. The number of benzene rings is 1. The predicted molar refractivity (Wildman–Crippen MR) is 84.2 cm³/mol. The molecule has 22 heavy (non-hydrogen) atoms. The minimum atomic E-state index is -0.632. The molecule has 0 fully saturated rings. The molecule has 0 spiro atoms. The van der Waals surface area contributed by atoms with Crippen LogP contribution in [0.15, 0.2) is 35.8 Å². The standard InChI is InChI=1S/C16H17N3O2S/c1-3-13(15-18-7-8-22-15)19-14(16(20)21-2)12-6-4-5-11(9-12)10-17/h4-9,13-14,19H,3H2,1-2H3/t13-,14-/m0/s1. The van der Waals surface area contributed by atoms with Gasteiger partial charge in [-0.3, -0.25) is 5.32 Å². The summed E-state index contributed by atoms with van der Waals surface area (Å²) >= 11 is 1.54. The Kier molecular flexibility index (Phi) is 5.64. The molecule has 2 rings (SSSR count). The molecule has 1 heterocycles. The van der Waals surface area contributed by atoms with Crippen molar-refractivity contribution in [2.45, 2.75) is 25.4 Å². The number of ether oxygens (including phenoxy) is 1. The van der Waals surface area contributed by atoms with E-state index in [9.17, 15) is 4.79 Å². The minimum Gasteiger partial charge on any atom is -0.468 e. The quantitative estimate of drug-likeness (QED) is 0.829. The van der Waals surface area contributed by atoms with Crippen molar-refractivity contribution >= 4 is 17.3 Å². The van der Waals surface area contributed by atoms with Crippen LogP contribution in [0.5, 0.6) is 0 Å². The molecule has 0 radical (unpaired) electrons. The van der Waals surface area contributed by atoms with E-state index in [1.54, 1.807) is 35.7 Å². The first-order valence-electron chi connectivity index (χ1n) is 6.93. The van der Waals surface area contributed by atoms with Crippen LogP contribution in [0.4, 0.5) is 0 Å². The van der Waals surface area contributed by atoms with Gasteiger partial charge in [-0.05, 0) is 24.1 Å². The third kappa shape index (κ3) is 3.70. The Hall–Kier alpha value is -2.23. The summed E-state index contributed by atoms with van der Waals surface area (Å²) < 4.78 is 4.90. The molecule has 0 aliphatic heterocycles. The molecule has 0 amide bonds. The summed E-state index contributed by atoms with van der Waals surface area (Å²) in [5, 5.41) is 15.1. The van der Waals surface area contributed by atoms with E-state index in [4.69, 9.17) is 10.00 Å². The molecule has 114 valence electrons. The molecule has 0 bridgehead atoms. The number of carbonyl (C=O) groups excluding carboxylic acids is 1. The van der Waals surface area contributed by atoms with Crippen molar-refractivity contribution < 1.29 is 9.53 Å². The van der Waals surface area contributed by atoms with Crippen LogP contribution in [-0.2, 0) is 9.53 Å². The van der Waals surface area contributed by atoms with Gasteiger partial charge in [0.1, 0.15) is 11.0 Å². The van der Waals surface area contributed by atoms with E-state index in [1.165, 1.54) is 7.11 Å². The van der Waals surface area contributed by atoms with Gasteiger partial charge in [-0.2, -0.15) is 5.26 Å². The summed E-state index contributed by atoms with van der Waals surface area (Å²) in [6, 6.07) is 8.38. The second-order valence-corrected chi connectivity index (χ2v) is 5.62. The van der Waals surface area contributed by atoms with Gasteiger partial charge in [0.25, 0.3) is 0 Å². The van der Waals surface area contributed by atoms with Gasteiger partial charge in [-0.1, -0.05) is 19.1 Å². The van der Waals surface area contributed by atoms with Crippen molar-refractivity contribution in [3.8, 4) is 6.07 Å². The average molecular weight is 315 g/mol. The van der Waals surface area contributed by atoms with Gasteiger partial charge in [0.05, 0.1) is 24.8 Å². The van der Waals surface area contributed by atoms with Crippen LogP contribution in [0, 0.1) is 11.3 Å². The molecule has 0 aliphatic rings. The van der Waals surface area contributed by atoms with E-state index in [2.05, 4.69) is 16.4 Å².